The Morgan fingerprint density at radius 3 is 0.639 bits per heavy atom. The summed E-state index contributed by atoms with van der Waals surface area (Å²) in [6.45, 7) is 5.18. The fraction of sp³-hybridized carbons (Fsp3) is 0.714. The van der Waals surface area contributed by atoms with Gasteiger partial charge in [-0.05, 0) is 0 Å². The van der Waals surface area contributed by atoms with E-state index in [0.29, 0.717) is 27.4 Å². The maximum atomic E-state index is 13.3. The quantitative estimate of drug-likeness (QED) is 0.0325. The highest BCUT2D eigenvalue weighted by atomic mass is 33.1. The van der Waals surface area contributed by atoms with Crippen LogP contribution in [0.15, 0.2) is 28.8 Å². The molecule has 2 aromatic heterocycles. The molecule has 0 aliphatic rings. The third-order valence-corrected chi connectivity index (χ3v) is 13.5. The van der Waals surface area contributed by atoms with Crippen molar-refractivity contribution in [2.24, 2.45) is 0 Å². The van der Waals surface area contributed by atoms with Gasteiger partial charge in [-0.3, -0.25) is 28.8 Å². The fourth-order valence-electron chi connectivity index (χ4n) is 6.06. The predicted molar refractivity (Wildman–Crippen MR) is 280 cm³/mol. The normalized spacial score (nSPS) is 13.8. The molecule has 0 fully saturated rings. The van der Waals surface area contributed by atoms with Gasteiger partial charge < -0.3 is 28.4 Å². The average Bonchev–Trinajstić information content (AvgIpc) is 3.26. The lowest BCUT2D eigenvalue weighted by Gasteiger charge is -2.16. The number of aromatic nitrogens is 6. The zero-order valence-electron chi connectivity index (χ0n) is 40.8. The Kier molecular flexibility index (Phi) is 29.1. The van der Waals surface area contributed by atoms with E-state index in [9.17, 15) is 57.5 Å². The number of ether oxygens (including phenoxy) is 6. The number of nitrogens with zero attached hydrogens (tertiary/aromatic N) is 6. The standard InChI is InChI=1S/C42H64N6O18S6/c1-25(67)19-31(49)61-13-7-43-37(55)44(8-14-62-32(50)20-26(2)68)40(58)47(39(43)57)11-17-65-35(53)23-29(5)71-72-30(6)24-36(54)66-18-12-48-41(59)45(9-15-63-33(51)21-27(3)69)38(56)46(42(48)60)10-16-64-34(52)22-28(4)70/h25-30,67-70H,7-24H2,1-6H3. The van der Waals surface area contributed by atoms with E-state index >= 15 is 0 Å². The van der Waals surface area contributed by atoms with Crippen LogP contribution in [0.4, 0.5) is 0 Å². The van der Waals surface area contributed by atoms with Gasteiger partial charge in [0.1, 0.15) is 39.6 Å². The van der Waals surface area contributed by atoms with Crippen LogP contribution in [0.5, 0.6) is 0 Å². The Hall–Kier alpha value is -4.26. The molecule has 0 radical (unpaired) electrons. The highest BCUT2D eigenvalue weighted by molar-refractivity contribution is 8.77. The zero-order valence-corrected chi connectivity index (χ0v) is 46.0. The molecule has 6 unspecified atom stereocenters. The fourth-order valence-corrected chi connectivity index (χ4v) is 8.99. The van der Waals surface area contributed by atoms with Crippen LogP contribution in [-0.4, -0.2) is 134 Å². The van der Waals surface area contributed by atoms with Gasteiger partial charge in [0.15, 0.2) is 0 Å². The zero-order chi connectivity index (χ0) is 54.2. The Morgan fingerprint density at radius 1 is 0.333 bits per heavy atom. The number of thiol groups is 4. The molecule has 0 aliphatic carbocycles. The number of carbonyl (C=O) groups is 6. The van der Waals surface area contributed by atoms with Crippen LogP contribution in [0.3, 0.4) is 0 Å². The average molecular weight is 1130 g/mol. The molecule has 406 valence electrons. The molecule has 0 aliphatic heterocycles. The van der Waals surface area contributed by atoms with Crippen molar-refractivity contribution < 1.29 is 57.2 Å². The minimum absolute atomic E-state index is 0.0295. The summed E-state index contributed by atoms with van der Waals surface area (Å²) in [5.41, 5.74) is -6.27. The topological polar surface area (TPSA) is 290 Å². The molecule has 0 saturated heterocycles. The van der Waals surface area contributed by atoms with E-state index in [4.69, 9.17) is 28.4 Å². The molecule has 6 atom stereocenters. The highest BCUT2D eigenvalue weighted by Crippen LogP contribution is 2.34. The van der Waals surface area contributed by atoms with E-state index in [1.807, 2.05) is 0 Å². The lowest BCUT2D eigenvalue weighted by Crippen LogP contribution is -2.55. The van der Waals surface area contributed by atoms with E-state index in [0.717, 1.165) is 0 Å². The van der Waals surface area contributed by atoms with Gasteiger partial charge >= 0.3 is 70.0 Å². The molecule has 0 N–H and O–H groups in total. The van der Waals surface area contributed by atoms with Crippen molar-refractivity contribution in [1.29, 1.82) is 0 Å². The number of hydrogen-bond acceptors (Lipinski definition) is 24. The van der Waals surface area contributed by atoms with Crippen molar-refractivity contribution in [3.8, 4) is 0 Å². The Morgan fingerprint density at radius 2 is 0.486 bits per heavy atom. The second kappa shape index (κ2) is 32.8. The van der Waals surface area contributed by atoms with Crippen molar-refractivity contribution in [3.63, 3.8) is 0 Å². The van der Waals surface area contributed by atoms with Gasteiger partial charge in [0.25, 0.3) is 0 Å². The van der Waals surface area contributed by atoms with Crippen LogP contribution in [0.1, 0.15) is 80.1 Å². The van der Waals surface area contributed by atoms with E-state index < -0.39 is 122 Å². The van der Waals surface area contributed by atoms with E-state index in [1.165, 1.54) is 21.6 Å². The molecule has 72 heavy (non-hydrogen) atoms. The van der Waals surface area contributed by atoms with Crippen molar-refractivity contribution in [2.45, 2.75) is 151 Å². The first-order chi connectivity index (χ1) is 33.8. The minimum atomic E-state index is -1.05. The van der Waals surface area contributed by atoms with Crippen LogP contribution in [0.2, 0.25) is 0 Å². The molecule has 0 bridgehead atoms. The Balaban J connectivity index is 2.03. The summed E-state index contributed by atoms with van der Waals surface area (Å²) in [6.07, 6.45) is -0.362. The molecule has 0 aromatic carbocycles. The second-order valence-corrected chi connectivity index (χ2v) is 23.0. The Bertz CT molecular complexity index is 2230. The molecule has 24 nitrogen and oxygen atoms in total. The summed E-state index contributed by atoms with van der Waals surface area (Å²) < 4.78 is 35.1. The van der Waals surface area contributed by atoms with E-state index in [2.05, 4.69) is 50.5 Å². The van der Waals surface area contributed by atoms with Gasteiger partial charge in [0.2, 0.25) is 0 Å². The summed E-state index contributed by atoms with van der Waals surface area (Å²) >= 11 is 16.5. The van der Waals surface area contributed by atoms with E-state index in [-0.39, 0.29) is 96.5 Å². The SMILES string of the molecule is CC(S)CC(=O)OCCn1c(=O)n(CCOC(=O)CC(C)S)c(=O)n(CCOC(=O)CC(C)SSC(C)CC(=O)OCCn2c(=O)n(CCOC(=O)CC(C)S)c(=O)n(CCOC(=O)CC(C)S)c2=O)c1=O. The summed E-state index contributed by atoms with van der Waals surface area (Å²) in [4.78, 5) is 154. The van der Waals surface area contributed by atoms with Crippen LogP contribution in [-0.2, 0) is 96.5 Å². The maximum Gasteiger partial charge on any atom is 0.336 e. The van der Waals surface area contributed by atoms with Gasteiger partial charge in [-0.15, -0.1) is 0 Å². The first-order valence-electron chi connectivity index (χ1n) is 22.7. The lowest BCUT2D eigenvalue weighted by molar-refractivity contribution is -0.145. The molecule has 0 amide bonds. The van der Waals surface area contributed by atoms with Crippen molar-refractivity contribution >= 4 is 108 Å². The van der Waals surface area contributed by atoms with Crippen molar-refractivity contribution in [1.82, 2.24) is 27.4 Å². The summed E-state index contributed by atoms with van der Waals surface area (Å²) in [6, 6.07) is 0. The van der Waals surface area contributed by atoms with Crippen LogP contribution in [0.25, 0.3) is 0 Å². The van der Waals surface area contributed by atoms with Gasteiger partial charge in [-0.2, -0.15) is 50.5 Å². The number of rotatable bonds is 33. The van der Waals surface area contributed by atoms with Gasteiger partial charge in [0, 0.05) is 31.5 Å². The van der Waals surface area contributed by atoms with Crippen molar-refractivity contribution in [3.05, 3.63) is 62.9 Å². The molecular formula is C42H64N6O18S6. The van der Waals surface area contributed by atoms with Gasteiger partial charge in [0.05, 0.1) is 77.8 Å². The number of carbonyl (C=O) groups excluding carboxylic acids is 6. The number of esters is 6. The monoisotopic (exact) mass is 1130 g/mol. The van der Waals surface area contributed by atoms with Crippen LogP contribution in [0, 0.1) is 0 Å². The molecule has 0 spiro atoms. The molecule has 2 aromatic rings. The van der Waals surface area contributed by atoms with Crippen molar-refractivity contribution in [2.75, 3.05) is 39.6 Å². The molecular weight excluding hydrogens is 1070 g/mol. The molecule has 2 rings (SSSR count). The summed E-state index contributed by atoms with van der Waals surface area (Å²) in [5.74, 6) is -3.85. The molecule has 2 heterocycles. The summed E-state index contributed by atoms with van der Waals surface area (Å²) in [5, 5.41) is -1.95. The third kappa shape index (κ3) is 23.3. The lowest BCUT2D eigenvalue weighted by atomic mass is 10.3. The maximum absolute atomic E-state index is 13.3. The predicted octanol–water partition coefficient (Wildman–Crippen LogP) is 0.388. The smallest absolute Gasteiger partial charge is 0.336 e. The van der Waals surface area contributed by atoms with Crippen LogP contribution < -0.4 is 34.1 Å². The van der Waals surface area contributed by atoms with Crippen LogP contribution >= 0.6 is 72.1 Å². The van der Waals surface area contributed by atoms with E-state index in [1.54, 1.807) is 41.5 Å². The molecule has 30 heteroatoms. The first-order valence-corrected chi connectivity index (χ1v) is 27.0. The molecule has 0 saturated carbocycles. The Labute approximate surface area is 443 Å². The van der Waals surface area contributed by atoms with Gasteiger partial charge in [-0.1, -0.05) is 63.1 Å². The van der Waals surface area contributed by atoms with Gasteiger partial charge in [-0.25, -0.2) is 56.2 Å². The second-order valence-electron chi connectivity index (χ2n) is 16.4. The third-order valence-electron chi connectivity index (χ3n) is 9.38. The summed E-state index contributed by atoms with van der Waals surface area (Å²) in [7, 11) is 2.52. The number of hydrogen-bond donors (Lipinski definition) is 4. The highest BCUT2D eigenvalue weighted by Gasteiger charge is 2.22. The largest absolute Gasteiger partial charge is 0.464 e. The minimum Gasteiger partial charge on any atom is -0.464 e. The first kappa shape index (κ1) is 63.9.